The first kappa shape index (κ1) is 10.2. The zero-order chi connectivity index (χ0) is 10.7. The summed E-state index contributed by atoms with van der Waals surface area (Å²) >= 11 is 0. The van der Waals surface area contributed by atoms with E-state index in [9.17, 15) is 0 Å². The normalized spacial score (nSPS) is 21.1. The van der Waals surface area contributed by atoms with Crippen LogP contribution in [0.1, 0.15) is 24.8 Å². The molecule has 80 valence electrons. The molecule has 0 saturated heterocycles. The number of hydrogen-bond acceptors (Lipinski definition) is 3. The van der Waals surface area contributed by atoms with Crippen LogP contribution >= 0.6 is 0 Å². The van der Waals surface area contributed by atoms with Gasteiger partial charge in [-0.2, -0.15) is 0 Å². The van der Waals surface area contributed by atoms with E-state index in [0.717, 1.165) is 24.8 Å². The third-order valence-electron chi connectivity index (χ3n) is 2.83. The number of nitrogens with two attached hydrogens (primary N) is 2. The summed E-state index contributed by atoms with van der Waals surface area (Å²) in [4.78, 5) is 4.08. The lowest BCUT2D eigenvalue weighted by atomic mass is 9.92. The van der Waals surface area contributed by atoms with E-state index in [0.29, 0.717) is 5.82 Å². The Kier molecular flexibility index (Phi) is 3.02. The first-order valence-corrected chi connectivity index (χ1v) is 5.40. The molecule has 0 spiro atoms. The number of aromatic nitrogens is 1. The summed E-state index contributed by atoms with van der Waals surface area (Å²) in [6.45, 7) is 0. The van der Waals surface area contributed by atoms with Crippen LogP contribution in [0.4, 0.5) is 5.82 Å². The molecule has 1 unspecified atom stereocenters. The van der Waals surface area contributed by atoms with E-state index >= 15 is 0 Å². The van der Waals surface area contributed by atoms with Gasteiger partial charge < -0.3 is 11.5 Å². The minimum absolute atomic E-state index is 0.228. The lowest BCUT2D eigenvalue weighted by Crippen LogP contribution is -2.21. The van der Waals surface area contributed by atoms with Crippen molar-refractivity contribution in [3.05, 3.63) is 35.5 Å². The summed E-state index contributed by atoms with van der Waals surface area (Å²) in [6.07, 6.45) is 8.23. The Morgan fingerprint density at radius 1 is 1.47 bits per heavy atom. The smallest absolute Gasteiger partial charge is 0.126 e. The number of rotatable bonds is 2. The summed E-state index contributed by atoms with van der Waals surface area (Å²) in [7, 11) is 0. The Hall–Kier alpha value is -1.35. The third kappa shape index (κ3) is 2.57. The standard InChI is InChI=1S/C12H17N3/c13-11-5-1-3-9(8-11)7-10-4-2-6-15-12(10)14/h2,4,6,8,11H,1,3,5,7,13H2,(H2,14,15). The van der Waals surface area contributed by atoms with Crippen molar-refractivity contribution in [2.45, 2.75) is 31.7 Å². The van der Waals surface area contributed by atoms with Gasteiger partial charge in [0.25, 0.3) is 0 Å². The summed E-state index contributed by atoms with van der Waals surface area (Å²) in [5.74, 6) is 0.637. The maximum atomic E-state index is 5.89. The van der Waals surface area contributed by atoms with E-state index in [1.54, 1.807) is 6.20 Å². The van der Waals surface area contributed by atoms with Crippen LogP contribution in [-0.4, -0.2) is 11.0 Å². The first-order valence-electron chi connectivity index (χ1n) is 5.40. The number of anilines is 1. The van der Waals surface area contributed by atoms with Crippen LogP contribution in [0, 0.1) is 0 Å². The summed E-state index contributed by atoms with van der Waals surface area (Å²) in [5.41, 5.74) is 14.2. The van der Waals surface area contributed by atoms with Gasteiger partial charge in [-0.1, -0.05) is 17.7 Å². The Balaban J connectivity index is 2.12. The quantitative estimate of drug-likeness (QED) is 0.718. The molecule has 1 aliphatic rings. The molecule has 1 atom stereocenters. The molecule has 1 aliphatic carbocycles. The molecule has 4 N–H and O–H groups in total. The molecule has 0 aromatic carbocycles. The van der Waals surface area contributed by atoms with Crippen molar-refractivity contribution in [2.24, 2.45) is 5.73 Å². The van der Waals surface area contributed by atoms with Gasteiger partial charge in [0.05, 0.1) is 0 Å². The molecular weight excluding hydrogens is 186 g/mol. The maximum Gasteiger partial charge on any atom is 0.126 e. The Labute approximate surface area is 90.2 Å². The maximum absolute atomic E-state index is 5.89. The van der Waals surface area contributed by atoms with Gasteiger partial charge in [-0.25, -0.2) is 4.98 Å². The van der Waals surface area contributed by atoms with E-state index in [-0.39, 0.29) is 6.04 Å². The molecule has 1 aromatic heterocycles. The van der Waals surface area contributed by atoms with Crippen LogP contribution < -0.4 is 11.5 Å². The summed E-state index contributed by atoms with van der Waals surface area (Å²) < 4.78 is 0. The van der Waals surface area contributed by atoms with Gasteiger partial charge in [-0.3, -0.25) is 0 Å². The highest BCUT2D eigenvalue weighted by Gasteiger charge is 2.11. The van der Waals surface area contributed by atoms with Crippen LogP contribution in [0.15, 0.2) is 30.0 Å². The Morgan fingerprint density at radius 2 is 2.33 bits per heavy atom. The highest BCUT2D eigenvalue weighted by atomic mass is 14.8. The van der Waals surface area contributed by atoms with E-state index in [1.807, 2.05) is 12.1 Å². The van der Waals surface area contributed by atoms with Crippen molar-refractivity contribution in [2.75, 3.05) is 5.73 Å². The van der Waals surface area contributed by atoms with Gasteiger partial charge in [-0.15, -0.1) is 0 Å². The van der Waals surface area contributed by atoms with Crippen molar-refractivity contribution in [3.63, 3.8) is 0 Å². The van der Waals surface area contributed by atoms with Crippen molar-refractivity contribution in [1.82, 2.24) is 4.98 Å². The number of pyridine rings is 1. The second-order valence-corrected chi connectivity index (χ2v) is 4.11. The molecule has 0 saturated carbocycles. The summed E-state index contributed by atoms with van der Waals surface area (Å²) in [5, 5.41) is 0. The Morgan fingerprint density at radius 3 is 3.07 bits per heavy atom. The van der Waals surface area contributed by atoms with Crippen LogP contribution in [-0.2, 0) is 6.42 Å². The lowest BCUT2D eigenvalue weighted by molar-refractivity contribution is 0.617. The fourth-order valence-corrected chi connectivity index (χ4v) is 2.03. The van der Waals surface area contributed by atoms with Gasteiger partial charge in [0.2, 0.25) is 0 Å². The molecule has 1 aromatic rings. The molecular formula is C12H17N3. The van der Waals surface area contributed by atoms with Crippen LogP contribution in [0.5, 0.6) is 0 Å². The average Bonchev–Trinajstić information content (AvgIpc) is 2.22. The van der Waals surface area contributed by atoms with E-state index < -0.39 is 0 Å². The predicted molar refractivity (Wildman–Crippen MR) is 62.3 cm³/mol. The zero-order valence-corrected chi connectivity index (χ0v) is 8.82. The van der Waals surface area contributed by atoms with Crippen LogP contribution in [0.3, 0.4) is 0 Å². The molecule has 0 fully saturated rings. The monoisotopic (exact) mass is 203 g/mol. The largest absolute Gasteiger partial charge is 0.383 e. The second-order valence-electron chi connectivity index (χ2n) is 4.11. The third-order valence-corrected chi connectivity index (χ3v) is 2.83. The number of allylic oxidation sites excluding steroid dienone is 1. The van der Waals surface area contributed by atoms with Crippen molar-refractivity contribution < 1.29 is 0 Å². The molecule has 3 heteroatoms. The molecule has 0 amide bonds. The molecule has 1 heterocycles. The fraction of sp³-hybridized carbons (Fsp3) is 0.417. The molecule has 15 heavy (non-hydrogen) atoms. The highest BCUT2D eigenvalue weighted by Crippen LogP contribution is 2.22. The van der Waals surface area contributed by atoms with Gasteiger partial charge in [-0.05, 0) is 37.3 Å². The molecule has 0 aliphatic heterocycles. The van der Waals surface area contributed by atoms with Gasteiger partial charge in [0.1, 0.15) is 5.82 Å². The van der Waals surface area contributed by atoms with E-state index in [1.165, 1.54) is 12.0 Å². The molecule has 0 radical (unpaired) electrons. The highest BCUT2D eigenvalue weighted by molar-refractivity contribution is 5.41. The van der Waals surface area contributed by atoms with Gasteiger partial charge in [0.15, 0.2) is 0 Å². The van der Waals surface area contributed by atoms with Gasteiger partial charge in [0, 0.05) is 12.2 Å². The SMILES string of the molecule is Nc1ncccc1CC1=CC(N)CCC1. The van der Waals surface area contributed by atoms with Crippen molar-refractivity contribution in [1.29, 1.82) is 0 Å². The topological polar surface area (TPSA) is 64.9 Å². The number of nitrogens with zero attached hydrogens (tertiary/aromatic N) is 1. The van der Waals surface area contributed by atoms with Gasteiger partial charge >= 0.3 is 0 Å². The van der Waals surface area contributed by atoms with E-state index in [4.69, 9.17) is 11.5 Å². The summed E-state index contributed by atoms with van der Waals surface area (Å²) in [6, 6.07) is 4.19. The van der Waals surface area contributed by atoms with Crippen molar-refractivity contribution >= 4 is 5.82 Å². The van der Waals surface area contributed by atoms with Crippen LogP contribution in [0.25, 0.3) is 0 Å². The molecule has 2 rings (SSSR count). The number of hydrogen-bond donors (Lipinski definition) is 2. The zero-order valence-electron chi connectivity index (χ0n) is 8.82. The molecule has 0 bridgehead atoms. The first-order chi connectivity index (χ1) is 7.25. The second kappa shape index (κ2) is 4.45. The molecule has 3 nitrogen and oxygen atoms in total. The minimum atomic E-state index is 0.228. The Bertz CT molecular complexity index is 371. The predicted octanol–water partition coefficient (Wildman–Crippen LogP) is 1.64. The lowest BCUT2D eigenvalue weighted by Gasteiger charge is -2.18. The van der Waals surface area contributed by atoms with Crippen LogP contribution in [0.2, 0.25) is 0 Å². The average molecular weight is 203 g/mol. The van der Waals surface area contributed by atoms with E-state index in [2.05, 4.69) is 11.1 Å². The number of nitrogen functional groups attached to an aromatic ring is 1. The fourth-order valence-electron chi connectivity index (χ4n) is 2.03. The van der Waals surface area contributed by atoms with Crippen molar-refractivity contribution in [3.8, 4) is 0 Å². The minimum Gasteiger partial charge on any atom is -0.383 e.